The average molecular weight is 371 g/mol. The van der Waals surface area contributed by atoms with Gasteiger partial charge in [0.1, 0.15) is 0 Å². The molecule has 3 rings (SSSR count). The van der Waals surface area contributed by atoms with E-state index in [0.717, 1.165) is 0 Å². The number of carbonyl (C=O) groups excluding carboxylic acids is 1. The molecule has 26 heavy (non-hydrogen) atoms. The van der Waals surface area contributed by atoms with Gasteiger partial charge in [0.2, 0.25) is 0 Å². The van der Waals surface area contributed by atoms with Gasteiger partial charge in [-0.2, -0.15) is 0 Å². The minimum absolute atomic E-state index is 0.0301. The summed E-state index contributed by atoms with van der Waals surface area (Å²) in [5.41, 5.74) is 7.42. The third-order valence-corrected chi connectivity index (χ3v) is 5.67. The Morgan fingerprint density at radius 1 is 1.27 bits per heavy atom. The second-order valence-electron chi connectivity index (χ2n) is 6.37. The van der Waals surface area contributed by atoms with Crippen LogP contribution in [0.4, 0.5) is 5.69 Å². The third-order valence-electron chi connectivity index (χ3n) is 4.88. The fraction of sp³-hybridized carbons (Fsp3) is 0.316. The van der Waals surface area contributed by atoms with Gasteiger partial charge < -0.3 is 10.6 Å². The minimum Gasteiger partial charge on any atom is -0.338 e. The van der Waals surface area contributed by atoms with Gasteiger partial charge in [-0.3, -0.25) is 14.9 Å². The van der Waals surface area contributed by atoms with Crippen LogP contribution in [0.15, 0.2) is 53.4 Å². The quantitative estimate of drug-likeness (QED) is 0.495. The van der Waals surface area contributed by atoms with Crippen molar-refractivity contribution in [3.63, 3.8) is 0 Å². The van der Waals surface area contributed by atoms with Crippen molar-refractivity contribution in [1.82, 2.24) is 4.90 Å². The molecular formula is C19H21N3O3S. The van der Waals surface area contributed by atoms with E-state index in [4.69, 9.17) is 5.73 Å². The van der Waals surface area contributed by atoms with Crippen molar-refractivity contribution in [2.75, 3.05) is 25.9 Å². The number of thioether (sulfide) groups is 1. The lowest BCUT2D eigenvalue weighted by atomic mass is 9.89. The molecule has 7 heteroatoms. The first-order valence-corrected chi connectivity index (χ1v) is 9.64. The minimum atomic E-state index is -0.442. The molecule has 0 aromatic heterocycles. The monoisotopic (exact) mass is 371 g/mol. The Labute approximate surface area is 156 Å². The van der Waals surface area contributed by atoms with Crippen LogP contribution in [0, 0.1) is 16.0 Å². The van der Waals surface area contributed by atoms with Gasteiger partial charge >= 0.3 is 0 Å². The van der Waals surface area contributed by atoms with Crippen molar-refractivity contribution in [1.29, 1.82) is 0 Å². The van der Waals surface area contributed by atoms with E-state index in [1.54, 1.807) is 23.3 Å². The first-order chi connectivity index (χ1) is 12.5. The fourth-order valence-corrected chi connectivity index (χ4v) is 4.05. The second-order valence-corrected chi connectivity index (χ2v) is 7.21. The Hall–Kier alpha value is -2.38. The highest BCUT2D eigenvalue weighted by Gasteiger charge is 2.36. The molecule has 0 spiro atoms. The largest absolute Gasteiger partial charge is 0.338 e. The smallest absolute Gasteiger partial charge is 0.283 e. The van der Waals surface area contributed by atoms with Gasteiger partial charge in [-0.15, -0.1) is 11.8 Å². The van der Waals surface area contributed by atoms with Crippen LogP contribution in [0.3, 0.4) is 0 Å². The predicted octanol–water partition coefficient (Wildman–Crippen LogP) is 3.13. The van der Waals surface area contributed by atoms with Crippen LogP contribution >= 0.6 is 11.8 Å². The van der Waals surface area contributed by atoms with Crippen LogP contribution in [0.5, 0.6) is 0 Å². The topological polar surface area (TPSA) is 89.5 Å². The van der Waals surface area contributed by atoms with Crippen molar-refractivity contribution >= 4 is 23.4 Å². The molecule has 0 saturated carbocycles. The van der Waals surface area contributed by atoms with Gasteiger partial charge in [0.15, 0.2) is 0 Å². The van der Waals surface area contributed by atoms with Crippen molar-refractivity contribution in [3.8, 4) is 0 Å². The zero-order valence-corrected chi connectivity index (χ0v) is 15.3. The van der Waals surface area contributed by atoms with E-state index in [1.165, 1.54) is 23.4 Å². The summed E-state index contributed by atoms with van der Waals surface area (Å²) in [7, 11) is 0. The molecular weight excluding hydrogens is 350 g/mol. The highest BCUT2D eigenvalue weighted by atomic mass is 32.2. The summed E-state index contributed by atoms with van der Waals surface area (Å²) >= 11 is 1.30. The van der Waals surface area contributed by atoms with Crippen molar-refractivity contribution in [2.24, 2.45) is 11.7 Å². The number of rotatable bonds is 5. The Morgan fingerprint density at radius 3 is 2.62 bits per heavy atom. The summed E-state index contributed by atoms with van der Waals surface area (Å²) in [6.07, 6.45) is 1.78. The van der Waals surface area contributed by atoms with Gasteiger partial charge in [0.25, 0.3) is 11.6 Å². The van der Waals surface area contributed by atoms with E-state index in [2.05, 4.69) is 12.1 Å². The van der Waals surface area contributed by atoms with Crippen LogP contribution in [-0.4, -0.2) is 41.6 Å². The van der Waals surface area contributed by atoms with E-state index in [0.29, 0.717) is 30.1 Å². The van der Waals surface area contributed by atoms with Crippen LogP contribution in [-0.2, 0) is 0 Å². The molecule has 1 saturated heterocycles. The fourth-order valence-electron chi connectivity index (χ4n) is 3.50. The summed E-state index contributed by atoms with van der Waals surface area (Å²) in [6.45, 7) is 1.63. The Bertz CT molecular complexity index is 813. The molecule has 2 atom stereocenters. The number of likely N-dealkylation sites (tertiary alicyclic amines) is 1. The Kier molecular flexibility index (Phi) is 5.58. The van der Waals surface area contributed by atoms with Gasteiger partial charge in [-0.25, -0.2) is 0 Å². The normalized spacial score (nSPS) is 19.5. The number of nitrogens with zero attached hydrogens (tertiary/aromatic N) is 2. The summed E-state index contributed by atoms with van der Waals surface area (Å²) in [5, 5.41) is 11.3. The highest BCUT2D eigenvalue weighted by Crippen LogP contribution is 2.34. The number of nitro benzene ring substituents is 1. The number of carbonyl (C=O) groups is 1. The first-order valence-electron chi connectivity index (χ1n) is 8.42. The molecule has 136 valence electrons. The zero-order valence-electron chi connectivity index (χ0n) is 14.5. The maximum Gasteiger partial charge on any atom is 0.283 e. The lowest BCUT2D eigenvalue weighted by Crippen LogP contribution is -2.29. The molecule has 1 aliphatic rings. The number of nitrogens with two attached hydrogens (primary N) is 1. The molecule has 1 aliphatic heterocycles. The van der Waals surface area contributed by atoms with E-state index >= 15 is 0 Å². The van der Waals surface area contributed by atoms with Gasteiger partial charge in [0.05, 0.1) is 9.82 Å². The SMILES string of the molecule is CSc1ccc(C(=O)N2C[C@@H](CN)[C@H](c3ccccc3)C2)cc1[N+](=O)[O-]. The lowest BCUT2D eigenvalue weighted by molar-refractivity contribution is -0.387. The summed E-state index contributed by atoms with van der Waals surface area (Å²) < 4.78 is 0. The lowest BCUT2D eigenvalue weighted by Gasteiger charge is -2.17. The Morgan fingerprint density at radius 2 is 2.00 bits per heavy atom. The molecule has 1 fully saturated rings. The van der Waals surface area contributed by atoms with Crippen molar-refractivity contribution < 1.29 is 9.72 Å². The molecule has 0 bridgehead atoms. The molecule has 0 unspecified atom stereocenters. The van der Waals surface area contributed by atoms with E-state index in [9.17, 15) is 14.9 Å². The predicted molar refractivity (Wildman–Crippen MR) is 103 cm³/mol. The molecule has 2 aromatic carbocycles. The molecule has 0 aliphatic carbocycles. The maximum atomic E-state index is 12.9. The number of hydrogen-bond acceptors (Lipinski definition) is 5. The summed E-state index contributed by atoms with van der Waals surface area (Å²) in [5.74, 6) is 0.185. The maximum absolute atomic E-state index is 12.9. The van der Waals surface area contributed by atoms with E-state index < -0.39 is 4.92 Å². The van der Waals surface area contributed by atoms with Gasteiger partial charge in [0, 0.05) is 30.6 Å². The number of benzene rings is 2. The second kappa shape index (κ2) is 7.88. The van der Waals surface area contributed by atoms with Crippen LogP contribution in [0.25, 0.3) is 0 Å². The Balaban J connectivity index is 1.84. The standard InChI is InChI=1S/C19H21N3O3S/c1-26-18-8-7-14(9-17(18)22(24)25)19(23)21-11-15(10-20)16(12-21)13-5-3-2-4-6-13/h2-9,15-16H,10-12,20H2,1H3/t15-,16+/m1/s1. The number of nitro groups is 1. The van der Waals surface area contributed by atoms with E-state index in [-0.39, 0.29) is 23.4 Å². The third kappa shape index (κ3) is 3.59. The average Bonchev–Trinajstić information content (AvgIpc) is 3.12. The summed E-state index contributed by atoms with van der Waals surface area (Å²) in [6, 6.07) is 14.7. The van der Waals surface area contributed by atoms with E-state index in [1.807, 2.05) is 18.2 Å². The van der Waals surface area contributed by atoms with Crippen LogP contribution < -0.4 is 5.73 Å². The number of amides is 1. The van der Waals surface area contributed by atoms with Crippen LogP contribution in [0.2, 0.25) is 0 Å². The van der Waals surface area contributed by atoms with Crippen molar-refractivity contribution in [2.45, 2.75) is 10.8 Å². The molecule has 2 N–H and O–H groups in total. The van der Waals surface area contributed by atoms with Gasteiger partial charge in [-0.1, -0.05) is 30.3 Å². The first kappa shape index (κ1) is 18.4. The molecule has 6 nitrogen and oxygen atoms in total. The van der Waals surface area contributed by atoms with Crippen molar-refractivity contribution in [3.05, 3.63) is 69.8 Å². The highest BCUT2D eigenvalue weighted by molar-refractivity contribution is 7.98. The zero-order chi connectivity index (χ0) is 18.7. The molecule has 1 amide bonds. The molecule has 2 aromatic rings. The molecule has 1 heterocycles. The van der Waals surface area contributed by atoms with Crippen LogP contribution in [0.1, 0.15) is 21.8 Å². The molecule has 0 radical (unpaired) electrons. The van der Waals surface area contributed by atoms with Gasteiger partial charge in [-0.05, 0) is 36.4 Å². The summed E-state index contributed by atoms with van der Waals surface area (Å²) in [4.78, 5) is 26.0. The number of hydrogen-bond donors (Lipinski definition) is 1.